The van der Waals surface area contributed by atoms with Crippen molar-refractivity contribution in [1.29, 1.82) is 0 Å². The minimum Gasteiger partial charge on any atom is -0.478 e. The molecule has 1 aliphatic carbocycles. The molecule has 0 saturated heterocycles. The Bertz CT molecular complexity index is 540. The summed E-state index contributed by atoms with van der Waals surface area (Å²) in [5, 5.41) is 9.03. The number of hydrogen-bond donors (Lipinski definition) is 1. The van der Waals surface area contributed by atoms with Crippen LogP contribution < -0.4 is 0 Å². The molecule has 0 radical (unpaired) electrons. The highest BCUT2D eigenvalue weighted by atomic mass is 16.4. The maximum atomic E-state index is 12.7. The number of furan rings is 1. The van der Waals surface area contributed by atoms with Crippen LogP contribution in [0.4, 0.5) is 0 Å². The van der Waals surface area contributed by atoms with Gasteiger partial charge in [0.15, 0.2) is 0 Å². The van der Waals surface area contributed by atoms with Crippen molar-refractivity contribution in [2.75, 3.05) is 7.05 Å². The van der Waals surface area contributed by atoms with Crippen LogP contribution in [-0.2, 0) is 11.3 Å². The fraction of sp³-hybridized carbons (Fsp3) is 0.625. The summed E-state index contributed by atoms with van der Waals surface area (Å²) in [6, 6.07) is 1.51. The van der Waals surface area contributed by atoms with Crippen molar-refractivity contribution >= 4 is 11.9 Å². The third-order valence-electron chi connectivity index (χ3n) is 4.63. The van der Waals surface area contributed by atoms with E-state index in [4.69, 9.17) is 9.52 Å². The molecule has 1 fully saturated rings. The normalized spacial score (nSPS) is 16.9. The van der Waals surface area contributed by atoms with Crippen molar-refractivity contribution in [2.45, 2.75) is 52.5 Å². The summed E-state index contributed by atoms with van der Waals surface area (Å²) in [5.74, 6) is 0.0418. The summed E-state index contributed by atoms with van der Waals surface area (Å²) in [6.45, 7) is 4.00. The molecule has 0 aliphatic heterocycles. The monoisotopic (exact) mass is 293 g/mol. The van der Waals surface area contributed by atoms with E-state index in [-0.39, 0.29) is 16.9 Å². The van der Waals surface area contributed by atoms with Gasteiger partial charge in [-0.1, -0.05) is 19.8 Å². The molecule has 1 aromatic heterocycles. The van der Waals surface area contributed by atoms with Crippen LogP contribution in [0.3, 0.4) is 0 Å². The Labute approximate surface area is 124 Å². The number of carbonyl (C=O) groups is 2. The van der Waals surface area contributed by atoms with E-state index in [1.807, 2.05) is 0 Å². The minimum atomic E-state index is -1.00. The van der Waals surface area contributed by atoms with Crippen LogP contribution in [0.15, 0.2) is 10.5 Å². The van der Waals surface area contributed by atoms with Crippen LogP contribution in [0.25, 0.3) is 0 Å². The summed E-state index contributed by atoms with van der Waals surface area (Å²) in [4.78, 5) is 25.4. The summed E-state index contributed by atoms with van der Waals surface area (Å²) >= 11 is 0. The third-order valence-corrected chi connectivity index (χ3v) is 4.63. The topological polar surface area (TPSA) is 70.8 Å². The lowest BCUT2D eigenvalue weighted by molar-refractivity contribution is -0.141. The number of amides is 1. The second-order valence-electron chi connectivity index (χ2n) is 5.99. The van der Waals surface area contributed by atoms with Crippen LogP contribution in [-0.4, -0.2) is 28.9 Å². The zero-order chi connectivity index (χ0) is 15.6. The Kier molecular flexibility index (Phi) is 4.40. The van der Waals surface area contributed by atoms with Crippen LogP contribution >= 0.6 is 0 Å². The van der Waals surface area contributed by atoms with Gasteiger partial charge in [-0.2, -0.15) is 0 Å². The SMILES string of the molecule is CCC1(C(=O)N(C)Cc2cc(C(=O)O)c(C)o2)CCCC1. The van der Waals surface area contributed by atoms with Gasteiger partial charge in [0, 0.05) is 12.5 Å². The molecule has 1 aromatic rings. The first-order chi connectivity index (χ1) is 9.89. The fourth-order valence-corrected chi connectivity index (χ4v) is 3.31. The summed E-state index contributed by atoms with van der Waals surface area (Å²) in [5.41, 5.74) is -0.0663. The Balaban J connectivity index is 2.10. The molecule has 5 nitrogen and oxygen atoms in total. The standard InChI is InChI=1S/C16H23NO4/c1-4-16(7-5-6-8-16)15(20)17(3)10-12-9-13(14(18)19)11(2)21-12/h9H,4-8,10H2,1-3H3,(H,18,19). The third kappa shape index (κ3) is 2.96. The molecule has 116 valence electrons. The van der Waals surface area contributed by atoms with Crippen molar-refractivity contribution in [3.8, 4) is 0 Å². The molecule has 1 amide bonds. The lowest BCUT2D eigenvalue weighted by Gasteiger charge is -2.31. The highest BCUT2D eigenvalue weighted by Crippen LogP contribution is 2.42. The summed E-state index contributed by atoms with van der Waals surface area (Å²) in [6.07, 6.45) is 4.97. The van der Waals surface area contributed by atoms with Gasteiger partial charge in [0.1, 0.15) is 17.1 Å². The van der Waals surface area contributed by atoms with Crippen LogP contribution in [0.5, 0.6) is 0 Å². The van der Waals surface area contributed by atoms with E-state index < -0.39 is 5.97 Å². The van der Waals surface area contributed by atoms with Gasteiger partial charge in [0.05, 0.1) is 6.54 Å². The molecule has 0 bridgehead atoms. The van der Waals surface area contributed by atoms with E-state index in [0.717, 1.165) is 32.1 Å². The van der Waals surface area contributed by atoms with Crippen LogP contribution in [0.2, 0.25) is 0 Å². The number of carboxylic acids is 1. The number of carboxylic acid groups (broad SMARTS) is 1. The number of aryl methyl sites for hydroxylation is 1. The second kappa shape index (κ2) is 5.92. The van der Waals surface area contributed by atoms with Gasteiger partial charge >= 0.3 is 5.97 Å². The van der Waals surface area contributed by atoms with E-state index in [1.54, 1.807) is 18.9 Å². The number of hydrogen-bond acceptors (Lipinski definition) is 3. The molecule has 1 heterocycles. The number of carbonyl (C=O) groups excluding carboxylic acids is 1. The van der Waals surface area contributed by atoms with Gasteiger partial charge in [-0.15, -0.1) is 0 Å². The maximum Gasteiger partial charge on any atom is 0.339 e. The first kappa shape index (κ1) is 15.6. The average molecular weight is 293 g/mol. The van der Waals surface area contributed by atoms with Crippen LogP contribution in [0.1, 0.15) is 60.9 Å². The molecule has 0 aromatic carbocycles. The highest BCUT2D eigenvalue weighted by Gasteiger charge is 2.41. The number of nitrogens with zero attached hydrogens (tertiary/aromatic N) is 1. The molecule has 1 saturated carbocycles. The van der Waals surface area contributed by atoms with Gasteiger partial charge in [-0.25, -0.2) is 4.79 Å². The van der Waals surface area contributed by atoms with E-state index >= 15 is 0 Å². The zero-order valence-corrected chi connectivity index (χ0v) is 12.9. The van der Waals surface area contributed by atoms with E-state index in [9.17, 15) is 9.59 Å². The van der Waals surface area contributed by atoms with E-state index in [2.05, 4.69) is 6.92 Å². The molecule has 0 atom stereocenters. The van der Waals surface area contributed by atoms with Gasteiger partial charge in [0.2, 0.25) is 5.91 Å². The zero-order valence-electron chi connectivity index (χ0n) is 12.9. The predicted octanol–water partition coefficient (Wildman–Crippen LogP) is 3.22. The predicted molar refractivity (Wildman–Crippen MR) is 78.1 cm³/mol. The van der Waals surface area contributed by atoms with Gasteiger partial charge < -0.3 is 14.4 Å². The summed E-state index contributed by atoms with van der Waals surface area (Å²) in [7, 11) is 1.76. The van der Waals surface area contributed by atoms with E-state index in [0.29, 0.717) is 18.1 Å². The molecule has 1 N–H and O–H groups in total. The maximum absolute atomic E-state index is 12.7. The highest BCUT2D eigenvalue weighted by molar-refractivity contribution is 5.89. The Hall–Kier alpha value is -1.78. The summed E-state index contributed by atoms with van der Waals surface area (Å²) < 4.78 is 5.45. The first-order valence-corrected chi connectivity index (χ1v) is 7.48. The van der Waals surface area contributed by atoms with Gasteiger partial charge in [-0.3, -0.25) is 4.79 Å². The van der Waals surface area contributed by atoms with Crippen molar-refractivity contribution in [2.24, 2.45) is 5.41 Å². The Morgan fingerprint density at radius 3 is 2.48 bits per heavy atom. The quantitative estimate of drug-likeness (QED) is 0.905. The van der Waals surface area contributed by atoms with Crippen molar-refractivity contribution < 1.29 is 19.1 Å². The van der Waals surface area contributed by atoms with Crippen molar-refractivity contribution in [3.05, 3.63) is 23.2 Å². The number of rotatable bonds is 5. The average Bonchev–Trinajstić information content (AvgIpc) is 3.05. The van der Waals surface area contributed by atoms with Gasteiger partial charge in [0.25, 0.3) is 0 Å². The van der Waals surface area contributed by atoms with Crippen LogP contribution in [0, 0.1) is 12.3 Å². The Morgan fingerprint density at radius 1 is 1.38 bits per heavy atom. The van der Waals surface area contributed by atoms with E-state index in [1.165, 1.54) is 6.07 Å². The van der Waals surface area contributed by atoms with Crippen molar-refractivity contribution in [3.63, 3.8) is 0 Å². The lowest BCUT2D eigenvalue weighted by atomic mass is 9.82. The Morgan fingerprint density at radius 2 is 2.00 bits per heavy atom. The largest absolute Gasteiger partial charge is 0.478 e. The second-order valence-corrected chi connectivity index (χ2v) is 5.99. The van der Waals surface area contributed by atoms with Gasteiger partial charge in [-0.05, 0) is 32.3 Å². The van der Waals surface area contributed by atoms with Crippen molar-refractivity contribution in [1.82, 2.24) is 4.90 Å². The molecule has 1 aliphatic rings. The minimum absolute atomic E-state index is 0.147. The number of aromatic carboxylic acids is 1. The first-order valence-electron chi connectivity index (χ1n) is 7.48. The molecule has 0 unspecified atom stereocenters. The molecular weight excluding hydrogens is 270 g/mol. The fourth-order valence-electron chi connectivity index (χ4n) is 3.31. The smallest absolute Gasteiger partial charge is 0.339 e. The molecule has 2 rings (SSSR count). The lowest BCUT2D eigenvalue weighted by Crippen LogP contribution is -2.39. The molecule has 0 spiro atoms. The molecular formula is C16H23NO4. The molecule has 21 heavy (non-hydrogen) atoms. The molecule has 5 heteroatoms.